The van der Waals surface area contributed by atoms with Gasteiger partial charge < -0.3 is 9.47 Å². The van der Waals surface area contributed by atoms with Gasteiger partial charge in [-0.2, -0.15) is 5.17 Å². The Morgan fingerprint density at radius 3 is 2.50 bits per heavy atom. The number of benzene rings is 2. The van der Waals surface area contributed by atoms with Crippen molar-refractivity contribution >= 4 is 11.7 Å². The fourth-order valence-corrected chi connectivity index (χ4v) is 2.10. The molecule has 2 N–H and O–H groups in total. The molecular formula is C18H22N2O4. The summed E-state index contributed by atoms with van der Waals surface area (Å²) in [7, 11) is 0. The molecule has 2 aromatic rings. The highest BCUT2D eigenvalue weighted by Crippen LogP contribution is 2.18. The first-order chi connectivity index (χ1) is 11.7. The minimum Gasteiger partial charge on any atom is -0.460 e. The Morgan fingerprint density at radius 1 is 1.04 bits per heavy atom. The summed E-state index contributed by atoms with van der Waals surface area (Å²) in [5.74, 6) is 5.48. The first-order valence-corrected chi connectivity index (χ1v) is 7.78. The molecule has 0 fully saturated rings. The van der Waals surface area contributed by atoms with E-state index in [0.29, 0.717) is 5.56 Å². The molecule has 6 nitrogen and oxygen atoms in total. The SMILES string of the molecule is CCc1ccccc1N(N)OCOCCOC(=O)c1ccccc1. The maximum atomic E-state index is 11.7. The van der Waals surface area contributed by atoms with E-state index in [0.717, 1.165) is 17.7 Å². The summed E-state index contributed by atoms with van der Waals surface area (Å²) in [6.45, 7) is 2.39. The van der Waals surface area contributed by atoms with E-state index < -0.39 is 0 Å². The normalized spacial score (nSPS) is 10.4. The Balaban J connectivity index is 1.64. The van der Waals surface area contributed by atoms with Gasteiger partial charge in [0.2, 0.25) is 0 Å². The molecule has 0 radical (unpaired) electrons. The number of ether oxygens (including phenoxy) is 2. The highest BCUT2D eigenvalue weighted by Gasteiger charge is 2.07. The number of esters is 1. The number of nitrogens with zero attached hydrogens (tertiary/aromatic N) is 1. The summed E-state index contributed by atoms with van der Waals surface area (Å²) in [6, 6.07) is 16.5. The number of carbonyl (C=O) groups excluding carboxylic acids is 1. The molecule has 2 rings (SSSR count). The lowest BCUT2D eigenvalue weighted by Gasteiger charge is -2.20. The van der Waals surface area contributed by atoms with Gasteiger partial charge in [0.1, 0.15) is 6.61 Å². The van der Waals surface area contributed by atoms with E-state index in [1.54, 1.807) is 24.3 Å². The largest absolute Gasteiger partial charge is 0.460 e. The fourth-order valence-electron chi connectivity index (χ4n) is 2.10. The minimum absolute atomic E-state index is 0.0303. The molecule has 0 aromatic heterocycles. The van der Waals surface area contributed by atoms with Gasteiger partial charge in [0.15, 0.2) is 6.79 Å². The van der Waals surface area contributed by atoms with Gasteiger partial charge in [0, 0.05) is 0 Å². The fraction of sp³-hybridized carbons (Fsp3) is 0.278. The molecule has 128 valence electrons. The monoisotopic (exact) mass is 330 g/mol. The quantitative estimate of drug-likeness (QED) is 0.250. The van der Waals surface area contributed by atoms with Crippen molar-refractivity contribution in [1.82, 2.24) is 0 Å². The highest BCUT2D eigenvalue weighted by molar-refractivity contribution is 5.89. The first kappa shape index (κ1) is 17.9. The summed E-state index contributed by atoms with van der Waals surface area (Å²) in [6.07, 6.45) is 0.851. The van der Waals surface area contributed by atoms with Crippen LogP contribution >= 0.6 is 0 Å². The highest BCUT2D eigenvalue weighted by atomic mass is 16.8. The molecule has 0 saturated carbocycles. The van der Waals surface area contributed by atoms with Gasteiger partial charge >= 0.3 is 5.97 Å². The van der Waals surface area contributed by atoms with Crippen molar-refractivity contribution in [3.8, 4) is 0 Å². The Hall–Kier alpha value is -2.41. The lowest BCUT2D eigenvalue weighted by atomic mass is 10.1. The molecule has 2 aromatic carbocycles. The molecule has 0 unspecified atom stereocenters. The van der Waals surface area contributed by atoms with Crippen LogP contribution in [-0.4, -0.2) is 26.0 Å². The Kier molecular flexibility index (Phi) is 7.22. The first-order valence-electron chi connectivity index (χ1n) is 7.78. The van der Waals surface area contributed by atoms with Crippen molar-refractivity contribution in [1.29, 1.82) is 0 Å². The van der Waals surface area contributed by atoms with Crippen molar-refractivity contribution < 1.29 is 19.1 Å². The third kappa shape index (κ3) is 5.34. The number of anilines is 1. The molecule has 0 aliphatic rings. The number of para-hydroxylation sites is 1. The molecule has 0 bridgehead atoms. The van der Waals surface area contributed by atoms with Gasteiger partial charge in [-0.25, -0.2) is 15.5 Å². The van der Waals surface area contributed by atoms with Crippen molar-refractivity contribution in [3.63, 3.8) is 0 Å². The molecular weight excluding hydrogens is 308 g/mol. The number of rotatable bonds is 9. The Bertz CT molecular complexity index is 634. The Labute approximate surface area is 141 Å². The summed E-state index contributed by atoms with van der Waals surface area (Å²) in [4.78, 5) is 17.0. The molecule has 24 heavy (non-hydrogen) atoms. The zero-order chi connectivity index (χ0) is 17.2. The van der Waals surface area contributed by atoms with E-state index >= 15 is 0 Å². The number of hydrogen-bond donors (Lipinski definition) is 1. The van der Waals surface area contributed by atoms with Gasteiger partial charge in [-0.05, 0) is 30.2 Å². The van der Waals surface area contributed by atoms with Crippen LogP contribution in [0.25, 0.3) is 0 Å². The zero-order valence-corrected chi connectivity index (χ0v) is 13.7. The number of carbonyl (C=O) groups is 1. The van der Waals surface area contributed by atoms with E-state index in [9.17, 15) is 4.79 Å². The van der Waals surface area contributed by atoms with Crippen LogP contribution in [0.3, 0.4) is 0 Å². The lowest BCUT2D eigenvalue weighted by molar-refractivity contribution is -0.0746. The third-order valence-corrected chi connectivity index (χ3v) is 3.36. The van der Waals surface area contributed by atoms with Gasteiger partial charge in [-0.15, -0.1) is 0 Å². The van der Waals surface area contributed by atoms with Crippen LogP contribution in [0.5, 0.6) is 0 Å². The van der Waals surface area contributed by atoms with Gasteiger partial charge in [0.25, 0.3) is 0 Å². The van der Waals surface area contributed by atoms with Crippen LogP contribution in [0.1, 0.15) is 22.8 Å². The summed E-state index contributed by atoms with van der Waals surface area (Å²) < 4.78 is 10.4. The van der Waals surface area contributed by atoms with Crippen LogP contribution in [0.15, 0.2) is 54.6 Å². The number of hydrogen-bond acceptors (Lipinski definition) is 6. The minimum atomic E-state index is -0.377. The smallest absolute Gasteiger partial charge is 0.338 e. The van der Waals surface area contributed by atoms with Crippen LogP contribution < -0.4 is 11.0 Å². The molecule has 0 spiro atoms. The van der Waals surface area contributed by atoms with E-state index in [1.807, 2.05) is 37.3 Å². The molecule has 0 aliphatic heterocycles. The number of nitrogens with two attached hydrogens (primary N) is 1. The molecule has 0 amide bonds. The van der Waals surface area contributed by atoms with Crippen LogP contribution in [0.2, 0.25) is 0 Å². The second-order valence-corrected chi connectivity index (χ2v) is 4.97. The van der Waals surface area contributed by atoms with Crippen molar-refractivity contribution in [2.75, 3.05) is 25.2 Å². The van der Waals surface area contributed by atoms with E-state index in [-0.39, 0.29) is 26.0 Å². The van der Waals surface area contributed by atoms with Crippen molar-refractivity contribution in [2.24, 2.45) is 5.84 Å². The van der Waals surface area contributed by atoms with Gasteiger partial charge in [-0.3, -0.25) is 0 Å². The van der Waals surface area contributed by atoms with E-state index in [2.05, 4.69) is 0 Å². The van der Waals surface area contributed by atoms with Gasteiger partial charge in [-0.1, -0.05) is 43.3 Å². The Morgan fingerprint density at radius 2 is 1.75 bits per heavy atom. The molecule has 0 atom stereocenters. The topological polar surface area (TPSA) is 74.0 Å². The number of hydrazine groups is 1. The molecule has 0 aliphatic carbocycles. The zero-order valence-electron chi connectivity index (χ0n) is 13.7. The lowest BCUT2D eigenvalue weighted by Crippen LogP contribution is -2.33. The average molecular weight is 330 g/mol. The molecule has 0 saturated heterocycles. The maximum Gasteiger partial charge on any atom is 0.338 e. The predicted molar refractivity (Wildman–Crippen MR) is 91.1 cm³/mol. The third-order valence-electron chi connectivity index (χ3n) is 3.36. The number of aryl methyl sites for hydroxylation is 1. The maximum absolute atomic E-state index is 11.7. The standard InChI is InChI=1S/C18H22N2O4/c1-2-15-8-6-7-11-17(15)20(19)24-14-22-12-13-23-18(21)16-9-4-3-5-10-16/h3-11H,2,12-14,19H2,1H3. The second kappa shape index (κ2) is 9.67. The molecule has 6 heteroatoms. The van der Waals surface area contributed by atoms with E-state index in [4.69, 9.17) is 20.2 Å². The van der Waals surface area contributed by atoms with E-state index in [1.165, 1.54) is 5.17 Å². The van der Waals surface area contributed by atoms with Crippen LogP contribution in [0.4, 0.5) is 5.69 Å². The predicted octanol–water partition coefficient (Wildman–Crippen LogP) is 2.69. The summed E-state index contributed by atoms with van der Waals surface area (Å²) in [5, 5.41) is 1.19. The molecule has 0 heterocycles. The average Bonchev–Trinajstić information content (AvgIpc) is 2.64. The van der Waals surface area contributed by atoms with Crippen molar-refractivity contribution in [2.45, 2.75) is 13.3 Å². The van der Waals surface area contributed by atoms with Crippen LogP contribution in [0, 0.1) is 0 Å². The van der Waals surface area contributed by atoms with Crippen molar-refractivity contribution in [3.05, 3.63) is 65.7 Å². The van der Waals surface area contributed by atoms with Gasteiger partial charge in [0.05, 0.1) is 17.9 Å². The second-order valence-electron chi connectivity index (χ2n) is 4.97. The summed E-state index contributed by atoms with van der Waals surface area (Å²) in [5.41, 5.74) is 2.38. The summed E-state index contributed by atoms with van der Waals surface area (Å²) >= 11 is 0. The van der Waals surface area contributed by atoms with Crippen LogP contribution in [-0.2, 0) is 20.7 Å².